The smallest absolute Gasteiger partial charge is 0.271 e. The Hall–Kier alpha value is -3.51. The van der Waals surface area contributed by atoms with E-state index in [1.165, 1.54) is 14.2 Å². The minimum atomic E-state index is -0.353. The van der Waals surface area contributed by atoms with E-state index in [4.69, 9.17) is 25.8 Å². The van der Waals surface area contributed by atoms with E-state index < -0.39 is 0 Å². The number of benzene rings is 3. The van der Waals surface area contributed by atoms with Gasteiger partial charge in [0.2, 0.25) is 0 Å². The SMILES string of the molecule is COc1ccc(C(=O)N/N=C/c2ccc(OCc3cccc(Cl)c3)cc2)cc1OC. The molecule has 0 spiro atoms. The van der Waals surface area contributed by atoms with Crippen molar-refractivity contribution in [1.82, 2.24) is 5.43 Å². The van der Waals surface area contributed by atoms with Crippen LogP contribution in [-0.2, 0) is 6.61 Å². The van der Waals surface area contributed by atoms with Crippen molar-refractivity contribution in [2.24, 2.45) is 5.10 Å². The number of nitrogens with zero attached hydrogens (tertiary/aromatic N) is 1. The summed E-state index contributed by atoms with van der Waals surface area (Å²) in [6, 6.07) is 19.8. The van der Waals surface area contributed by atoms with Crippen molar-refractivity contribution >= 4 is 23.7 Å². The molecule has 0 saturated heterocycles. The molecule has 3 rings (SSSR count). The molecule has 0 saturated carbocycles. The molecule has 3 aromatic carbocycles. The summed E-state index contributed by atoms with van der Waals surface area (Å²) in [7, 11) is 3.05. The van der Waals surface area contributed by atoms with Crippen molar-refractivity contribution in [3.63, 3.8) is 0 Å². The summed E-state index contributed by atoms with van der Waals surface area (Å²) in [5.74, 6) is 1.40. The molecule has 30 heavy (non-hydrogen) atoms. The number of methoxy groups -OCH3 is 2. The maximum absolute atomic E-state index is 12.2. The predicted molar refractivity (Wildman–Crippen MR) is 117 cm³/mol. The zero-order valence-corrected chi connectivity index (χ0v) is 17.3. The van der Waals surface area contributed by atoms with E-state index in [9.17, 15) is 4.79 Å². The van der Waals surface area contributed by atoms with Crippen LogP contribution >= 0.6 is 11.6 Å². The molecule has 0 aliphatic heterocycles. The van der Waals surface area contributed by atoms with Crippen LogP contribution < -0.4 is 19.6 Å². The van der Waals surface area contributed by atoms with Gasteiger partial charge in [-0.25, -0.2) is 5.43 Å². The lowest BCUT2D eigenvalue weighted by Crippen LogP contribution is -2.17. The Bertz CT molecular complexity index is 1040. The average molecular weight is 425 g/mol. The Morgan fingerprint density at radius 2 is 1.77 bits per heavy atom. The summed E-state index contributed by atoms with van der Waals surface area (Å²) in [5, 5.41) is 4.68. The highest BCUT2D eigenvalue weighted by atomic mass is 35.5. The third kappa shape index (κ3) is 5.75. The second kappa shape index (κ2) is 10.3. The fraction of sp³-hybridized carbons (Fsp3) is 0.130. The molecule has 6 nitrogen and oxygen atoms in total. The highest BCUT2D eigenvalue weighted by Crippen LogP contribution is 2.27. The zero-order valence-electron chi connectivity index (χ0n) is 16.6. The van der Waals surface area contributed by atoms with Crippen molar-refractivity contribution in [1.29, 1.82) is 0 Å². The average Bonchev–Trinajstić information content (AvgIpc) is 2.78. The quantitative estimate of drug-likeness (QED) is 0.420. The van der Waals surface area contributed by atoms with E-state index in [1.807, 2.05) is 48.5 Å². The van der Waals surface area contributed by atoms with Gasteiger partial charge in [0.1, 0.15) is 12.4 Å². The molecule has 7 heteroatoms. The maximum Gasteiger partial charge on any atom is 0.271 e. The first-order valence-corrected chi connectivity index (χ1v) is 9.49. The molecular formula is C23H21ClN2O4. The Balaban J connectivity index is 1.54. The standard InChI is InChI=1S/C23H21ClN2O4/c1-28-21-11-8-18(13-22(21)29-2)23(27)26-25-14-16-6-9-20(10-7-16)30-15-17-4-3-5-19(24)12-17/h3-14H,15H2,1-2H3,(H,26,27)/b25-14+. The van der Waals surface area contributed by atoms with E-state index in [0.717, 1.165) is 16.9 Å². The monoisotopic (exact) mass is 424 g/mol. The van der Waals surface area contributed by atoms with Gasteiger partial charge in [-0.15, -0.1) is 0 Å². The van der Waals surface area contributed by atoms with Crippen molar-refractivity contribution < 1.29 is 19.0 Å². The number of halogens is 1. The molecule has 0 aliphatic carbocycles. The molecule has 0 atom stereocenters. The van der Waals surface area contributed by atoms with E-state index in [0.29, 0.717) is 28.7 Å². The van der Waals surface area contributed by atoms with Crippen LogP contribution in [0.3, 0.4) is 0 Å². The van der Waals surface area contributed by atoms with Crippen LogP contribution in [0, 0.1) is 0 Å². The second-order valence-electron chi connectivity index (χ2n) is 6.26. The largest absolute Gasteiger partial charge is 0.493 e. The molecule has 0 heterocycles. The Morgan fingerprint density at radius 3 is 2.47 bits per heavy atom. The first-order chi connectivity index (χ1) is 14.6. The molecular weight excluding hydrogens is 404 g/mol. The number of carbonyl (C=O) groups excluding carboxylic acids is 1. The van der Waals surface area contributed by atoms with Crippen LogP contribution in [0.1, 0.15) is 21.5 Å². The van der Waals surface area contributed by atoms with E-state index in [2.05, 4.69) is 10.5 Å². The van der Waals surface area contributed by atoms with Crippen LogP contribution in [0.15, 0.2) is 71.8 Å². The molecule has 0 aromatic heterocycles. The molecule has 0 bridgehead atoms. The van der Waals surface area contributed by atoms with Gasteiger partial charge in [0.05, 0.1) is 20.4 Å². The number of amides is 1. The van der Waals surface area contributed by atoms with E-state index >= 15 is 0 Å². The van der Waals surface area contributed by atoms with Crippen molar-refractivity contribution in [3.05, 3.63) is 88.4 Å². The molecule has 154 valence electrons. The summed E-state index contributed by atoms with van der Waals surface area (Å²) in [6.45, 7) is 0.426. The van der Waals surface area contributed by atoms with Gasteiger partial charge in [-0.05, 0) is 65.7 Å². The summed E-state index contributed by atoms with van der Waals surface area (Å²) in [6.07, 6.45) is 1.55. The van der Waals surface area contributed by atoms with Crippen LogP contribution in [0.2, 0.25) is 5.02 Å². The van der Waals surface area contributed by atoms with Crippen LogP contribution in [0.4, 0.5) is 0 Å². The second-order valence-corrected chi connectivity index (χ2v) is 6.69. The zero-order chi connectivity index (χ0) is 21.3. The van der Waals surface area contributed by atoms with E-state index in [1.54, 1.807) is 24.4 Å². The number of hydrogen-bond acceptors (Lipinski definition) is 5. The lowest BCUT2D eigenvalue weighted by Gasteiger charge is -2.08. The molecule has 3 aromatic rings. The van der Waals surface area contributed by atoms with Crippen LogP contribution in [0.5, 0.6) is 17.2 Å². The topological polar surface area (TPSA) is 69.2 Å². The minimum Gasteiger partial charge on any atom is -0.493 e. The molecule has 1 amide bonds. The summed E-state index contributed by atoms with van der Waals surface area (Å²) >= 11 is 5.97. The highest BCUT2D eigenvalue weighted by molar-refractivity contribution is 6.30. The Kier molecular flexibility index (Phi) is 7.29. The maximum atomic E-state index is 12.2. The lowest BCUT2D eigenvalue weighted by molar-refractivity contribution is 0.0954. The van der Waals surface area contributed by atoms with Gasteiger partial charge >= 0.3 is 0 Å². The number of ether oxygens (including phenoxy) is 3. The Morgan fingerprint density at radius 1 is 1.00 bits per heavy atom. The number of carbonyl (C=O) groups is 1. The van der Waals surface area contributed by atoms with Gasteiger partial charge in [-0.1, -0.05) is 23.7 Å². The van der Waals surface area contributed by atoms with Crippen molar-refractivity contribution in [3.8, 4) is 17.2 Å². The lowest BCUT2D eigenvalue weighted by atomic mass is 10.2. The van der Waals surface area contributed by atoms with Gasteiger partial charge in [0.15, 0.2) is 11.5 Å². The fourth-order valence-corrected chi connectivity index (χ4v) is 2.86. The van der Waals surface area contributed by atoms with Crippen molar-refractivity contribution in [2.45, 2.75) is 6.61 Å². The summed E-state index contributed by atoms with van der Waals surface area (Å²) < 4.78 is 16.1. The number of rotatable bonds is 8. The number of nitrogens with one attached hydrogen (secondary N) is 1. The molecule has 0 fully saturated rings. The van der Waals surface area contributed by atoms with Gasteiger partial charge in [0, 0.05) is 10.6 Å². The fourth-order valence-electron chi connectivity index (χ4n) is 2.65. The third-order valence-electron chi connectivity index (χ3n) is 4.20. The third-order valence-corrected chi connectivity index (χ3v) is 4.44. The summed E-state index contributed by atoms with van der Waals surface area (Å²) in [4.78, 5) is 12.2. The molecule has 1 N–H and O–H groups in total. The van der Waals surface area contributed by atoms with Crippen LogP contribution in [0.25, 0.3) is 0 Å². The molecule has 0 unspecified atom stereocenters. The first-order valence-electron chi connectivity index (χ1n) is 9.12. The number of hydrazone groups is 1. The normalized spacial score (nSPS) is 10.6. The number of hydrogen-bond donors (Lipinski definition) is 1. The minimum absolute atomic E-state index is 0.353. The predicted octanol–water partition coefficient (Wildman–Crippen LogP) is 4.70. The summed E-state index contributed by atoms with van der Waals surface area (Å²) in [5.41, 5.74) is 4.71. The van der Waals surface area contributed by atoms with Crippen LogP contribution in [-0.4, -0.2) is 26.3 Å². The van der Waals surface area contributed by atoms with Gasteiger partial charge in [-0.2, -0.15) is 5.10 Å². The molecule has 0 radical (unpaired) electrons. The van der Waals surface area contributed by atoms with Crippen molar-refractivity contribution in [2.75, 3.05) is 14.2 Å². The highest BCUT2D eigenvalue weighted by Gasteiger charge is 2.10. The van der Waals surface area contributed by atoms with Gasteiger partial charge in [0.25, 0.3) is 5.91 Å². The first kappa shape index (κ1) is 21.2. The van der Waals surface area contributed by atoms with Gasteiger partial charge < -0.3 is 14.2 Å². The van der Waals surface area contributed by atoms with Gasteiger partial charge in [-0.3, -0.25) is 4.79 Å². The molecule has 0 aliphatic rings. The Labute approximate surface area is 180 Å². The van der Waals surface area contributed by atoms with E-state index in [-0.39, 0.29) is 5.91 Å².